The van der Waals surface area contributed by atoms with E-state index in [1.165, 1.54) is 25.3 Å². The number of esters is 1. The second kappa shape index (κ2) is 8.69. The highest BCUT2D eigenvalue weighted by Gasteiger charge is 2.26. The number of halogens is 1. The maximum absolute atomic E-state index is 12.7. The monoisotopic (exact) mass is 433 g/mol. The summed E-state index contributed by atoms with van der Waals surface area (Å²) in [7, 11) is -2.27. The van der Waals surface area contributed by atoms with Gasteiger partial charge in [-0.3, -0.25) is 0 Å². The third kappa shape index (κ3) is 4.89. The molecule has 1 unspecified atom stereocenters. The number of hydrogen-bond acceptors (Lipinski definition) is 4. The van der Waals surface area contributed by atoms with Gasteiger partial charge in [-0.05, 0) is 91.3 Å². The number of carbonyl (C=O) groups excluding carboxylic acids is 1. The Morgan fingerprint density at radius 2 is 1.93 bits per heavy atom. The lowest BCUT2D eigenvalue weighted by Gasteiger charge is -2.28. The van der Waals surface area contributed by atoms with E-state index in [0.29, 0.717) is 17.9 Å². The average molecular weight is 434 g/mol. The lowest BCUT2D eigenvalue weighted by atomic mass is 9.82. The van der Waals surface area contributed by atoms with E-state index in [0.717, 1.165) is 34.2 Å². The Labute approximate surface area is 176 Å². The van der Waals surface area contributed by atoms with Crippen LogP contribution in [0.15, 0.2) is 41.3 Å². The maximum atomic E-state index is 12.7. The lowest BCUT2D eigenvalue weighted by Crippen LogP contribution is -2.39. The summed E-state index contributed by atoms with van der Waals surface area (Å²) in [6.45, 7) is 4.05. The Bertz CT molecular complexity index is 1060. The van der Waals surface area contributed by atoms with Gasteiger partial charge in [0.2, 0.25) is 10.0 Å². The molecular weight excluding hydrogens is 410 g/mol. The second-order valence-corrected chi connectivity index (χ2v) is 9.39. The van der Waals surface area contributed by atoms with Crippen LogP contribution in [-0.4, -0.2) is 27.5 Å². The van der Waals surface area contributed by atoms with Gasteiger partial charge in [-0.15, -0.1) is 0 Å². The van der Waals surface area contributed by atoms with Gasteiger partial charge in [0.05, 0.1) is 12.0 Å². The molecule has 0 saturated heterocycles. The number of benzene rings is 2. The molecule has 0 aromatic heterocycles. The van der Waals surface area contributed by atoms with Crippen LogP contribution in [0.4, 0.5) is 0 Å². The van der Waals surface area contributed by atoms with Crippen LogP contribution in [0, 0.1) is 13.8 Å². The van der Waals surface area contributed by atoms with E-state index in [2.05, 4.69) is 10.8 Å². The van der Waals surface area contributed by atoms with E-state index in [4.69, 9.17) is 16.3 Å². The van der Waals surface area contributed by atoms with Crippen LogP contribution in [0.1, 0.15) is 34.2 Å². The molecule has 1 atom stereocenters. The highest BCUT2D eigenvalue weighted by molar-refractivity contribution is 7.89. The fraction of sp³-hybridized carbons (Fsp3) is 0.318. The summed E-state index contributed by atoms with van der Waals surface area (Å²) in [5.41, 5.74) is 5.51. The molecule has 0 amide bonds. The van der Waals surface area contributed by atoms with Crippen molar-refractivity contribution in [2.24, 2.45) is 0 Å². The summed E-state index contributed by atoms with van der Waals surface area (Å²) in [5.74, 6) is -0.399. The fourth-order valence-electron chi connectivity index (χ4n) is 3.68. The number of fused-ring (bicyclic) bond motifs is 1. The van der Waals surface area contributed by atoms with Gasteiger partial charge in [-0.2, -0.15) is 0 Å². The van der Waals surface area contributed by atoms with Crippen LogP contribution in [0.25, 0.3) is 6.08 Å². The van der Waals surface area contributed by atoms with E-state index in [1.807, 2.05) is 13.8 Å². The molecule has 0 heterocycles. The van der Waals surface area contributed by atoms with Crippen molar-refractivity contribution in [1.82, 2.24) is 4.72 Å². The van der Waals surface area contributed by atoms with Gasteiger partial charge in [0, 0.05) is 17.1 Å². The van der Waals surface area contributed by atoms with Crippen molar-refractivity contribution >= 4 is 33.7 Å². The van der Waals surface area contributed by atoms with Gasteiger partial charge in [0.1, 0.15) is 0 Å². The molecule has 0 bridgehead atoms. The molecule has 0 radical (unpaired) electrons. The SMILES string of the molecule is COC(=O)C=Cc1c(C)c(C)cc2c1CCC(NS(=O)(=O)c1ccc(Cl)cc1)C2. The van der Waals surface area contributed by atoms with Crippen molar-refractivity contribution < 1.29 is 17.9 Å². The standard InChI is InChI=1S/C22H24ClNO4S/c1-14-12-16-13-18(24-29(26,27)19-7-4-17(23)5-8-19)6-9-21(16)20(15(14)2)10-11-22(25)28-3/h4-5,7-8,10-12,18,24H,6,9,13H2,1-3H3. The van der Waals surface area contributed by atoms with E-state index in [9.17, 15) is 13.2 Å². The first-order valence-electron chi connectivity index (χ1n) is 9.37. The van der Waals surface area contributed by atoms with Crippen molar-refractivity contribution in [3.05, 3.63) is 69.2 Å². The molecule has 1 aliphatic carbocycles. The average Bonchev–Trinajstić information content (AvgIpc) is 2.68. The minimum absolute atomic E-state index is 0.192. The largest absolute Gasteiger partial charge is 0.466 e. The summed E-state index contributed by atoms with van der Waals surface area (Å²) in [6, 6.07) is 8.07. The maximum Gasteiger partial charge on any atom is 0.330 e. The van der Waals surface area contributed by atoms with Gasteiger partial charge >= 0.3 is 5.97 Å². The smallest absolute Gasteiger partial charge is 0.330 e. The third-order valence-corrected chi connectivity index (χ3v) is 7.13. The molecule has 2 aromatic carbocycles. The zero-order chi connectivity index (χ0) is 21.2. The number of ether oxygens (including phenoxy) is 1. The fourth-order valence-corrected chi connectivity index (χ4v) is 5.08. The number of hydrogen-bond donors (Lipinski definition) is 1. The molecule has 1 N–H and O–H groups in total. The number of sulfonamides is 1. The van der Waals surface area contributed by atoms with Crippen molar-refractivity contribution in [2.45, 2.75) is 44.0 Å². The number of methoxy groups -OCH3 is 1. The Balaban J connectivity index is 1.85. The molecule has 154 valence electrons. The quantitative estimate of drug-likeness (QED) is 0.571. The van der Waals surface area contributed by atoms with Crippen molar-refractivity contribution in [2.75, 3.05) is 7.11 Å². The van der Waals surface area contributed by atoms with Crippen molar-refractivity contribution in [1.29, 1.82) is 0 Å². The molecule has 0 spiro atoms. The second-order valence-electron chi connectivity index (χ2n) is 7.24. The highest BCUT2D eigenvalue weighted by Crippen LogP contribution is 2.31. The first kappa shape index (κ1) is 21.6. The molecule has 0 aliphatic heterocycles. The Morgan fingerprint density at radius 3 is 2.59 bits per heavy atom. The van der Waals surface area contributed by atoms with E-state index in [1.54, 1.807) is 18.2 Å². The summed E-state index contributed by atoms with van der Waals surface area (Å²) in [5, 5.41) is 0.494. The van der Waals surface area contributed by atoms with Gasteiger partial charge < -0.3 is 4.74 Å². The molecule has 0 fully saturated rings. The minimum Gasteiger partial charge on any atom is -0.466 e. The Kier molecular flexibility index (Phi) is 6.46. The van der Waals surface area contributed by atoms with Gasteiger partial charge in [0.15, 0.2) is 0 Å². The van der Waals surface area contributed by atoms with Crippen molar-refractivity contribution in [3.8, 4) is 0 Å². The van der Waals surface area contributed by atoms with Crippen LogP contribution < -0.4 is 4.72 Å². The van der Waals surface area contributed by atoms with Crippen molar-refractivity contribution in [3.63, 3.8) is 0 Å². The Morgan fingerprint density at radius 1 is 1.24 bits per heavy atom. The summed E-state index contributed by atoms with van der Waals surface area (Å²) in [4.78, 5) is 11.7. The number of nitrogens with one attached hydrogen (secondary N) is 1. The van der Waals surface area contributed by atoms with E-state index < -0.39 is 16.0 Å². The number of rotatable bonds is 5. The third-order valence-electron chi connectivity index (χ3n) is 5.34. The van der Waals surface area contributed by atoms with Gasteiger partial charge in [-0.25, -0.2) is 17.9 Å². The molecule has 2 aromatic rings. The molecule has 1 aliphatic rings. The molecule has 3 rings (SSSR count). The van der Waals surface area contributed by atoms with E-state index >= 15 is 0 Å². The minimum atomic E-state index is -3.62. The van der Waals surface area contributed by atoms with Crippen LogP contribution >= 0.6 is 11.6 Å². The number of carbonyl (C=O) groups is 1. The molecule has 0 saturated carbocycles. The van der Waals surface area contributed by atoms with Crippen LogP contribution in [0.2, 0.25) is 5.02 Å². The lowest BCUT2D eigenvalue weighted by molar-refractivity contribution is -0.134. The normalized spacial score (nSPS) is 16.6. The highest BCUT2D eigenvalue weighted by atomic mass is 35.5. The topological polar surface area (TPSA) is 72.5 Å². The Hall–Kier alpha value is -2.15. The predicted molar refractivity (Wildman–Crippen MR) is 115 cm³/mol. The molecular formula is C22H24ClNO4S. The van der Waals surface area contributed by atoms with Crippen LogP contribution in [0.5, 0.6) is 0 Å². The van der Waals surface area contributed by atoms with Gasteiger partial charge in [-0.1, -0.05) is 17.7 Å². The zero-order valence-corrected chi connectivity index (χ0v) is 18.2. The first-order chi connectivity index (χ1) is 13.7. The first-order valence-corrected chi connectivity index (χ1v) is 11.2. The zero-order valence-electron chi connectivity index (χ0n) is 16.7. The molecule has 29 heavy (non-hydrogen) atoms. The summed E-state index contributed by atoms with van der Waals surface area (Å²) < 4.78 is 32.9. The van der Waals surface area contributed by atoms with Crippen LogP contribution in [0.3, 0.4) is 0 Å². The van der Waals surface area contributed by atoms with Gasteiger partial charge in [0.25, 0.3) is 0 Å². The summed E-state index contributed by atoms with van der Waals surface area (Å²) >= 11 is 5.86. The number of aryl methyl sites for hydroxylation is 1. The van der Waals surface area contributed by atoms with E-state index in [-0.39, 0.29) is 10.9 Å². The summed E-state index contributed by atoms with van der Waals surface area (Å²) in [6.07, 6.45) is 5.23. The predicted octanol–water partition coefficient (Wildman–Crippen LogP) is 3.98. The van der Waals surface area contributed by atoms with Crippen LogP contribution in [-0.2, 0) is 32.4 Å². The molecule has 5 nitrogen and oxygen atoms in total. The molecule has 7 heteroatoms.